The summed E-state index contributed by atoms with van der Waals surface area (Å²) < 4.78 is 5.53. The molecule has 0 saturated carbocycles. The van der Waals surface area contributed by atoms with Gasteiger partial charge in [0.15, 0.2) is 6.61 Å². The van der Waals surface area contributed by atoms with Crippen molar-refractivity contribution in [3.63, 3.8) is 0 Å². The van der Waals surface area contributed by atoms with E-state index in [9.17, 15) is 4.79 Å². The Labute approximate surface area is 141 Å². The highest BCUT2D eigenvalue weighted by atomic mass is 35.5. The van der Waals surface area contributed by atoms with Crippen molar-refractivity contribution in [3.05, 3.63) is 57.6 Å². The SMILES string of the molecule is Cc1ccc(CO)cc1NC(=O)COc1cc(C)c(Cl)c(C)c1. The molecule has 0 spiro atoms. The molecule has 2 rings (SSSR count). The van der Waals surface area contributed by atoms with E-state index in [0.29, 0.717) is 16.5 Å². The van der Waals surface area contributed by atoms with Crippen molar-refractivity contribution in [2.24, 2.45) is 0 Å². The molecule has 122 valence electrons. The minimum Gasteiger partial charge on any atom is -0.484 e. The molecule has 2 N–H and O–H groups in total. The topological polar surface area (TPSA) is 58.6 Å². The summed E-state index contributed by atoms with van der Waals surface area (Å²) in [5.41, 5.74) is 4.17. The molecular weight excluding hydrogens is 314 g/mol. The molecule has 0 aliphatic rings. The third-order valence-electron chi connectivity index (χ3n) is 3.54. The lowest BCUT2D eigenvalue weighted by atomic mass is 10.1. The number of nitrogens with one attached hydrogen (secondary N) is 1. The van der Waals surface area contributed by atoms with Gasteiger partial charge in [0.25, 0.3) is 5.91 Å². The number of hydrogen-bond acceptors (Lipinski definition) is 3. The van der Waals surface area contributed by atoms with Gasteiger partial charge < -0.3 is 15.2 Å². The normalized spacial score (nSPS) is 10.5. The number of benzene rings is 2. The first-order valence-electron chi connectivity index (χ1n) is 7.30. The number of amides is 1. The van der Waals surface area contributed by atoms with Crippen molar-refractivity contribution in [2.45, 2.75) is 27.4 Å². The van der Waals surface area contributed by atoms with E-state index < -0.39 is 0 Å². The highest BCUT2D eigenvalue weighted by Gasteiger charge is 2.08. The zero-order valence-corrected chi connectivity index (χ0v) is 14.2. The molecular formula is C18H20ClNO3. The van der Waals surface area contributed by atoms with E-state index in [1.54, 1.807) is 18.2 Å². The van der Waals surface area contributed by atoms with Crippen molar-refractivity contribution < 1.29 is 14.6 Å². The highest BCUT2D eigenvalue weighted by Crippen LogP contribution is 2.26. The molecule has 0 aliphatic carbocycles. The van der Waals surface area contributed by atoms with Crippen LogP contribution >= 0.6 is 11.6 Å². The van der Waals surface area contributed by atoms with Crippen LogP contribution in [0.1, 0.15) is 22.3 Å². The Morgan fingerprint density at radius 1 is 1.13 bits per heavy atom. The van der Waals surface area contributed by atoms with E-state index in [2.05, 4.69) is 5.32 Å². The maximum absolute atomic E-state index is 12.0. The van der Waals surface area contributed by atoms with Gasteiger partial charge in [0, 0.05) is 10.7 Å². The molecule has 4 nitrogen and oxygen atoms in total. The van der Waals surface area contributed by atoms with Gasteiger partial charge in [0.2, 0.25) is 0 Å². The molecule has 0 saturated heterocycles. The maximum Gasteiger partial charge on any atom is 0.262 e. The van der Waals surface area contributed by atoms with Gasteiger partial charge in [-0.1, -0.05) is 23.7 Å². The molecule has 0 bridgehead atoms. The molecule has 23 heavy (non-hydrogen) atoms. The van der Waals surface area contributed by atoms with E-state index in [1.165, 1.54) is 0 Å². The summed E-state index contributed by atoms with van der Waals surface area (Å²) in [6.07, 6.45) is 0. The first kappa shape index (κ1) is 17.3. The Morgan fingerprint density at radius 3 is 2.39 bits per heavy atom. The molecule has 2 aromatic carbocycles. The summed E-state index contributed by atoms with van der Waals surface area (Å²) in [4.78, 5) is 12.0. The van der Waals surface area contributed by atoms with E-state index >= 15 is 0 Å². The lowest BCUT2D eigenvalue weighted by Gasteiger charge is -2.12. The summed E-state index contributed by atoms with van der Waals surface area (Å²) in [5, 5.41) is 12.7. The van der Waals surface area contributed by atoms with Gasteiger partial charge in [-0.25, -0.2) is 0 Å². The minimum atomic E-state index is -0.256. The largest absolute Gasteiger partial charge is 0.484 e. The van der Waals surface area contributed by atoms with Gasteiger partial charge in [-0.15, -0.1) is 0 Å². The number of ether oxygens (including phenoxy) is 1. The van der Waals surface area contributed by atoms with Gasteiger partial charge in [0.05, 0.1) is 6.61 Å². The van der Waals surface area contributed by atoms with Crippen LogP contribution in [0.4, 0.5) is 5.69 Å². The van der Waals surface area contributed by atoms with Crippen LogP contribution in [-0.4, -0.2) is 17.6 Å². The van der Waals surface area contributed by atoms with Crippen LogP contribution in [-0.2, 0) is 11.4 Å². The molecule has 0 atom stereocenters. The summed E-state index contributed by atoms with van der Waals surface area (Å²) in [5.74, 6) is 0.355. The van der Waals surface area contributed by atoms with Crippen LogP contribution in [0.25, 0.3) is 0 Å². The fraction of sp³-hybridized carbons (Fsp3) is 0.278. The number of hydrogen-bond donors (Lipinski definition) is 2. The third-order valence-corrected chi connectivity index (χ3v) is 4.13. The quantitative estimate of drug-likeness (QED) is 0.875. The Hall–Kier alpha value is -2.04. The second-order valence-electron chi connectivity index (χ2n) is 5.52. The minimum absolute atomic E-state index is 0.0665. The van der Waals surface area contributed by atoms with Gasteiger partial charge in [0.1, 0.15) is 5.75 Å². The Bertz CT molecular complexity index is 705. The number of anilines is 1. The van der Waals surface area contributed by atoms with Crippen LogP contribution < -0.4 is 10.1 Å². The van der Waals surface area contributed by atoms with Crippen LogP contribution in [0.3, 0.4) is 0 Å². The molecule has 0 radical (unpaired) electrons. The second kappa shape index (κ2) is 7.49. The Kier molecular flexibility index (Phi) is 5.64. The van der Waals surface area contributed by atoms with Crippen LogP contribution in [0, 0.1) is 20.8 Å². The number of aliphatic hydroxyl groups excluding tert-OH is 1. The smallest absolute Gasteiger partial charge is 0.262 e. The van der Waals surface area contributed by atoms with Gasteiger partial charge in [-0.2, -0.15) is 0 Å². The lowest BCUT2D eigenvalue weighted by Crippen LogP contribution is -2.20. The van der Waals surface area contributed by atoms with Gasteiger partial charge in [-0.3, -0.25) is 4.79 Å². The van der Waals surface area contributed by atoms with Crippen molar-refractivity contribution in [2.75, 3.05) is 11.9 Å². The van der Waals surface area contributed by atoms with Crippen molar-refractivity contribution >= 4 is 23.2 Å². The molecule has 0 heterocycles. The standard InChI is InChI=1S/C18H20ClNO3/c1-11-4-5-14(9-21)8-16(11)20-17(22)10-23-15-6-12(2)18(19)13(3)7-15/h4-8,21H,9-10H2,1-3H3,(H,20,22). The predicted octanol–water partition coefficient (Wildman–Crippen LogP) is 3.78. The average Bonchev–Trinajstić information content (AvgIpc) is 2.52. The summed E-state index contributed by atoms with van der Waals surface area (Å²) in [6, 6.07) is 9.04. The second-order valence-corrected chi connectivity index (χ2v) is 5.89. The molecule has 5 heteroatoms. The molecule has 1 amide bonds. The van der Waals surface area contributed by atoms with Crippen LogP contribution in [0.5, 0.6) is 5.75 Å². The zero-order chi connectivity index (χ0) is 17.0. The van der Waals surface area contributed by atoms with Crippen molar-refractivity contribution in [1.82, 2.24) is 0 Å². The number of carbonyl (C=O) groups is 1. The van der Waals surface area contributed by atoms with E-state index in [1.807, 2.05) is 32.9 Å². The monoisotopic (exact) mass is 333 g/mol. The number of halogens is 1. The number of aryl methyl sites for hydroxylation is 3. The molecule has 0 unspecified atom stereocenters. The number of rotatable bonds is 5. The van der Waals surface area contributed by atoms with E-state index in [4.69, 9.17) is 21.4 Å². The first-order valence-corrected chi connectivity index (χ1v) is 7.68. The Balaban J connectivity index is 2.01. The van der Waals surface area contributed by atoms with Crippen molar-refractivity contribution in [3.8, 4) is 5.75 Å². The van der Waals surface area contributed by atoms with E-state index in [0.717, 1.165) is 22.3 Å². The molecule has 2 aromatic rings. The number of aliphatic hydroxyl groups is 1. The van der Waals surface area contributed by atoms with Gasteiger partial charge in [-0.05, 0) is 61.2 Å². The third kappa shape index (κ3) is 4.47. The number of carbonyl (C=O) groups excluding carboxylic acids is 1. The lowest BCUT2D eigenvalue weighted by molar-refractivity contribution is -0.118. The summed E-state index contributed by atoms with van der Waals surface area (Å²) in [7, 11) is 0. The van der Waals surface area contributed by atoms with Crippen molar-refractivity contribution in [1.29, 1.82) is 0 Å². The molecule has 0 aliphatic heterocycles. The fourth-order valence-corrected chi connectivity index (χ4v) is 2.34. The maximum atomic E-state index is 12.0. The summed E-state index contributed by atoms with van der Waals surface area (Å²) in [6.45, 7) is 5.52. The molecule has 0 fully saturated rings. The van der Waals surface area contributed by atoms with Crippen LogP contribution in [0.15, 0.2) is 30.3 Å². The van der Waals surface area contributed by atoms with Crippen LogP contribution in [0.2, 0.25) is 5.02 Å². The molecule has 0 aromatic heterocycles. The predicted molar refractivity (Wildman–Crippen MR) is 92.2 cm³/mol. The van der Waals surface area contributed by atoms with E-state index in [-0.39, 0.29) is 19.1 Å². The first-order chi connectivity index (χ1) is 10.9. The zero-order valence-electron chi connectivity index (χ0n) is 13.4. The Morgan fingerprint density at radius 2 is 1.78 bits per heavy atom. The average molecular weight is 334 g/mol. The van der Waals surface area contributed by atoms with Gasteiger partial charge >= 0.3 is 0 Å². The fourth-order valence-electron chi connectivity index (χ4n) is 2.23. The highest BCUT2D eigenvalue weighted by molar-refractivity contribution is 6.32. The summed E-state index contributed by atoms with van der Waals surface area (Å²) >= 11 is 6.11.